The van der Waals surface area contributed by atoms with Crippen molar-refractivity contribution in [1.82, 2.24) is 0 Å². The molecule has 0 fully saturated rings. The number of benzene rings is 2. The average molecular weight is 353 g/mol. The molecule has 0 aliphatic carbocycles. The number of nitrogens with two attached hydrogens (primary N) is 1. The predicted molar refractivity (Wildman–Crippen MR) is 83.7 cm³/mol. The first-order valence-corrected chi connectivity index (χ1v) is 7.05. The zero-order valence-corrected chi connectivity index (χ0v) is 12.7. The molecule has 0 atom stereocenters. The summed E-state index contributed by atoms with van der Waals surface area (Å²) in [5, 5.41) is 9.18. The third-order valence-corrected chi connectivity index (χ3v) is 3.36. The molecule has 0 heterocycles. The molecular formula is C15H14BrFN2O2. The minimum absolute atomic E-state index is 0.0706. The fourth-order valence-electron chi connectivity index (χ4n) is 2.00. The molecule has 0 spiro atoms. The SMILES string of the molecule is Nc1ccccc1N(CCO)C(=O)c1cc(F)cc(Br)c1. The minimum Gasteiger partial charge on any atom is -0.397 e. The summed E-state index contributed by atoms with van der Waals surface area (Å²) in [4.78, 5) is 13.9. The van der Waals surface area contributed by atoms with E-state index in [4.69, 9.17) is 5.73 Å². The van der Waals surface area contributed by atoms with E-state index in [0.29, 0.717) is 15.8 Å². The smallest absolute Gasteiger partial charge is 0.258 e. The van der Waals surface area contributed by atoms with Gasteiger partial charge in [-0.15, -0.1) is 0 Å². The van der Waals surface area contributed by atoms with Crippen LogP contribution in [0.5, 0.6) is 0 Å². The molecule has 1 amide bonds. The van der Waals surface area contributed by atoms with Crippen LogP contribution in [0.4, 0.5) is 15.8 Å². The first-order valence-electron chi connectivity index (χ1n) is 6.26. The minimum atomic E-state index is -0.516. The standard InChI is InChI=1S/C15H14BrFN2O2/c16-11-7-10(8-12(17)9-11)15(21)19(5-6-20)14-4-2-1-3-13(14)18/h1-4,7-9,20H,5-6,18H2. The lowest BCUT2D eigenvalue weighted by molar-refractivity contribution is 0.0980. The zero-order chi connectivity index (χ0) is 15.4. The summed E-state index contributed by atoms with van der Waals surface area (Å²) in [6, 6.07) is 10.8. The molecule has 2 rings (SSSR count). The van der Waals surface area contributed by atoms with Gasteiger partial charge in [0.2, 0.25) is 0 Å². The van der Waals surface area contributed by atoms with Crippen molar-refractivity contribution in [1.29, 1.82) is 0 Å². The molecule has 110 valence electrons. The van der Waals surface area contributed by atoms with Crippen LogP contribution in [0, 0.1) is 5.82 Å². The molecule has 3 N–H and O–H groups in total. The molecule has 0 saturated carbocycles. The van der Waals surface area contributed by atoms with Gasteiger partial charge in [-0.2, -0.15) is 0 Å². The van der Waals surface area contributed by atoms with E-state index in [1.807, 2.05) is 0 Å². The van der Waals surface area contributed by atoms with Gasteiger partial charge in [0.1, 0.15) is 5.82 Å². The van der Waals surface area contributed by atoms with E-state index < -0.39 is 11.7 Å². The Bertz CT molecular complexity index is 644. The summed E-state index contributed by atoms with van der Waals surface area (Å²) >= 11 is 3.16. The molecule has 0 aliphatic heterocycles. The number of para-hydroxylation sites is 2. The van der Waals surface area contributed by atoms with Gasteiger partial charge < -0.3 is 15.7 Å². The number of aliphatic hydroxyl groups excluding tert-OH is 1. The molecule has 2 aromatic carbocycles. The van der Waals surface area contributed by atoms with Gasteiger partial charge in [0.05, 0.1) is 18.0 Å². The molecule has 21 heavy (non-hydrogen) atoms. The summed E-state index contributed by atoms with van der Waals surface area (Å²) in [5.74, 6) is -0.945. The van der Waals surface area contributed by atoms with E-state index in [0.717, 1.165) is 6.07 Å². The van der Waals surface area contributed by atoms with Gasteiger partial charge in [0, 0.05) is 16.6 Å². The number of nitrogen functional groups attached to an aromatic ring is 1. The molecular weight excluding hydrogens is 339 g/mol. The van der Waals surface area contributed by atoms with Gasteiger partial charge >= 0.3 is 0 Å². The Kier molecular flexibility index (Phi) is 4.93. The quantitative estimate of drug-likeness (QED) is 0.831. The molecule has 0 aliphatic rings. The topological polar surface area (TPSA) is 66.6 Å². The molecule has 6 heteroatoms. The number of carbonyl (C=O) groups excluding carboxylic acids is 1. The maximum atomic E-state index is 13.4. The fourth-order valence-corrected chi connectivity index (χ4v) is 2.46. The van der Waals surface area contributed by atoms with Crippen LogP contribution < -0.4 is 10.6 Å². The third-order valence-electron chi connectivity index (χ3n) is 2.91. The number of aliphatic hydroxyl groups is 1. The van der Waals surface area contributed by atoms with Gasteiger partial charge in [-0.3, -0.25) is 4.79 Å². The largest absolute Gasteiger partial charge is 0.397 e. The van der Waals surface area contributed by atoms with Crippen LogP contribution in [0.2, 0.25) is 0 Å². The van der Waals surface area contributed by atoms with Gasteiger partial charge in [-0.25, -0.2) is 4.39 Å². The van der Waals surface area contributed by atoms with Crippen LogP contribution in [-0.2, 0) is 0 Å². The molecule has 0 unspecified atom stereocenters. The Morgan fingerprint density at radius 3 is 2.62 bits per heavy atom. The Balaban J connectivity index is 2.42. The highest BCUT2D eigenvalue weighted by Crippen LogP contribution is 2.25. The van der Waals surface area contributed by atoms with Crippen molar-refractivity contribution in [2.75, 3.05) is 23.8 Å². The number of hydrogen-bond donors (Lipinski definition) is 2. The maximum Gasteiger partial charge on any atom is 0.258 e. The molecule has 0 aromatic heterocycles. The lowest BCUT2D eigenvalue weighted by atomic mass is 10.1. The fraction of sp³-hybridized carbons (Fsp3) is 0.133. The highest BCUT2D eigenvalue weighted by atomic mass is 79.9. The number of halogens is 2. The third kappa shape index (κ3) is 3.59. The maximum absolute atomic E-state index is 13.4. The molecule has 4 nitrogen and oxygen atoms in total. The van der Waals surface area contributed by atoms with Crippen molar-refractivity contribution in [3.8, 4) is 0 Å². The monoisotopic (exact) mass is 352 g/mol. The summed E-state index contributed by atoms with van der Waals surface area (Å²) in [7, 11) is 0. The summed E-state index contributed by atoms with van der Waals surface area (Å²) in [6.45, 7) is -0.155. The average Bonchev–Trinajstić information content (AvgIpc) is 2.44. The van der Waals surface area contributed by atoms with Crippen LogP contribution in [0.3, 0.4) is 0 Å². The lowest BCUT2D eigenvalue weighted by Gasteiger charge is -2.23. The highest BCUT2D eigenvalue weighted by molar-refractivity contribution is 9.10. The highest BCUT2D eigenvalue weighted by Gasteiger charge is 2.20. The number of rotatable bonds is 4. The summed E-state index contributed by atoms with van der Waals surface area (Å²) in [5.41, 5.74) is 6.94. The van der Waals surface area contributed by atoms with Crippen molar-refractivity contribution >= 4 is 33.2 Å². The van der Waals surface area contributed by atoms with Crippen molar-refractivity contribution in [2.45, 2.75) is 0 Å². The second kappa shape index (κ2) is 6.69. The van der Waals surface area contributed by atoms with Gasteiger partial charge in [0.25, 0.3) is 5.91 Å². The zero-order valence-electron chi connectivity index (χ0n) is 11.1. The van der Waals surface area contributed by atoms with Crippen LogP contribution in [-0.4, -0.2) is 24.2 Å². The van der Waals surface area contributed by atoms with Crippen LogP contribution in [0.25, 0.3) is 0 Å². The van der Waals surface area contributed by atoms with Crippen LogP contribution >= 0.6 is 15.9 Å². The first kappa shape index (κ1) is 15.5. The lowest BCUT2D eigenvalue weighted by Crippen LogP contribution is -2.34. The molecule has 0 saturated heterocycles. The number of hydrogen-bond acceptors (Lipinski definition) is 3. The van der Waals surface area contributed by atoms with E-state index in [1.54, 1.807) is 24.3 Å². The second-order valence-electron chi connectivity index (χ2n) is 4.40. The Morgan fingerprint density at radius 1 is 1.29 bits per heavy atom. The number of nitrogens with zero attached hydrogens (tertiary/aromatic N) is 1. The van der Waals surface area contributed by atoms with Crippen molar-refractivity contribution in [2.24, 2.45) is 0 Å². The van der Waals surface area contributed by atoms with E-state index in [2.05, 4.69) is 15.9 Å². The predicted octanol–water partition coefficient (Wildman–Crippen LogP) is 2.81. The van der Waals surface area contributed by atoms with Crippen molar-refractivity contribution in [3.63, 3.8) is 0 Å². The summed E-state index contributed by atoms with van der Waals surface area (Å²) in [6.07, 6.45) is 0. The van der Waals surface area contributed by atoms with Gasteiger partial charge in [-0.05, 0) is 30.3 Å². The Hall–Kier alpha value is -1.92. The summed E-state index contributed by atoms with van der Waals surface area (Å²) < 4.78 is 13.9. The second-order valence-corrected chi connectivity index (χ2v) is 5.31. The number of anilines is 2. The number of carbonyl (C=O) groups is 1. The van der Waals surface area contributed by atoms with Crippen LogP contribution in [0.1, 0.15) is 10.4 Å². The number of amides is 1. The first-order chi connectivity index (χ1) is 10.0. The molecule has 0 bridgehead atoms. The van der Waals surface area contributed by atoms with E-state index in [1.165, 1.54) is 17.0 Å². The van der Waals surface area contributed by atoms with E-state index in [9.17, 15) is 14.3 Å². The Morgan fingerprint density at radius 2 is 2.00 bits per heavy atom. The van der Waals surface area contributed by atoms with Crippen molar-refractivity contribution in [3.05, 3.63) is 58.3 Å². The molecule has 0 radical (unpaired) electrons. The van der Waals surface area contributed by atoms with Crippen LogP contribution in [0.15, 0.2) is 46.9 Å². The van der Waals surface area contributed by atoms with Crippen molar-refractivity contribution < 1.29 is 14.3 Å². The van der Waals surface area contributed by atoms with Gasteiger partial charge in [0.15, 0.2) is 0 Å². The normalized spacial score (nSPS) is 10.4. The Labute approximate surface area is 130 Å². The van der Waals surface area contributed by atoms with E-state index >= 15 is 0 Å². The molecule has 2 aromatic rings. The van der Waals surface area contributed by atoms with Gasteiger partial charge in [-0.1, -0.05) is 28.1 Å². The van der Waals surface area contributed by atoms with E-state index in [-0.39, 0.29) is 18.7 Å².